The molecule has 0 bridgehead atoms. The zero-order valence-corrected chi connectivity index (χ0v) is 11.7. The van der Waals surface area contributed by atoms with E-state index in [1.807, 2.05) is 11.3 Å². The minimum Gasteiger partial charge on any atom is -0.246 e. The van der Waals surface area contributed by atoms with E-state index < -0.39 is 0 Å². The third-order valence-electron chi connectivity index (χ3n) is 3.77. The third kappa shape index (κ3) is 2.78. The van der Waals surface area contributed by atoms with Crippen molar-refractivity contribution in [2.75, 3.05) is 5.88 Å². The maximum atomic E-state index is 6.12. The number of hydrogen-bond acceptors (Lipinski definition) is 2. The fourth-order valence-corrected chi connectivity index (χ4v) is 4.01. The van der Waals surface area contributed by atoms with Gasteiger partial charge in [-0.15, -0.1) is 22.9 Å². The van der Waals surface area contributed by atoms with Crippen LogP contribution in [0.1, 0.15) is 41.3 Å². The van der Waals surface area contributed by atoms with Crippen molar-refractivity contribution in [1.82, 2.24) is 4.98 Å². The average molecular weight is 258 g/mol. The molecule has 3 heteroatoms. The van der Waals surface area contributed by atoms with Gasteiger partial charge >= 0.3 is 0 Å². The third-order valence-corrected chi connectivity index (χ3v) is 5.27. The normalized spacial score (nSPS) is 19.2. The van der Waals surface area contributed by atoms with E-state index in [2.05, 4.69) is 18.8 Å². The summed E-state index contributed by atoms with van der Waals surface area (Å²) in [5.41, 5.74) is 1.19. The van der Waals surface area contributed by atoms with Gasteiger partial charge in [-0.2, -0.15) is 0 Å². The van der Waals surface area contributed by atoms with Gasteiger partial charge in [0.25, 0.3) is 0 Å². The zero-order valence-electron chi connectivity index (χ0n) is 10.1. The standard InChI is InChI=1S/C13H20ClNS/c1-9-10(2)16-13(15-9)7-12(8-14)11-5-3-4-6-11/h11-12H,3-8H2,1-2H3. The van der Waals surface area contributed by atoms with E-state index in [0.29, 0.717) is 5.92 Å². The molecular formula is C13H20ClNS. The lowest BCUT2D eigenvalue weighted by molar-refractivity contribution is 0.368. The van der Waals surface area contributed by atoms with Gasteiger partial charge in [-0.3, -0.25) is 0 Å². The van der Waals surface area contributed by atoms with Crippen LogP contribution in [0.3, 0.4) is 0 Å². The summed E-state index contributed by atoms with van der Waals surface area (Å²) < 4.78 is 0. The average Bonchev–Trinajstić information content (AvgIpc) is 2.86. The molecule has 1 nitrogen and oxygen atoms in total. The van der Waals surface area contributed by atoms with Crippen LogP contribution in [-0.4, -0.2) is 10.9 Å². The lowest BCUT2D eigenvalue weighted by Gasteiger charge is -2.19. The van der Waals surface area contributed by atoms with Gasteiger partial charge < -0.3 is 0 Å². The van der Waals surface area contributed by atoms with Crippen molar-refractivity contribution in [3.63, 3.8) is 0 Å². The Morgan fingerprint density at radius 2 is 2.06 bits per heavy atom. The number of nitrogens with zero attached hydrogens (tertiary/aromatic N) is 1. The number of alkyl halides is 1. The van der Waals surface area contributed by atoms with Gasteiger partial charge in [0, 0.05) is 17.2 Å². The second-order valence-corrected chi connectivity index (χ2v) is 6.51. The van der Waals surface area contributed by atoms with Crippen molar-refractivity contribution >= 4 is 22.9 Å². The predicted octanol–water partition coefficient (Wildman–Crippen LogP) is 4.35. The monoisotopic (exact) mass is 257 g/mol. The fraction of sp³-hybridized carbons (Fsp3) is 0.769. The van der Waals surface area contributed by atoms with Crippen LogP contribution in [0.4, 0.5) is 0 Å². The Kier molecular flexibility index (Phi) is 4.26. The maximum Gasteiger partial charge on any atom is 0.0934 e. The number of aryl methyl sites for hydroxylation is 2. The van der Waals surface area contributed by atoms with Gasteiger partial charge in [-0.05, 0) is 25.7 Å². The van der Waals surface area contributed by atoms with Crippen LogP contribution >= 0.6 is 22.9 Å². The number of aromatic nitrogens is 1. The van der Waals surface area contributed by atoms with E-state index in [0.717, 1.165) is 18.2 Å². The van der Waals surface area contributed by atoms with Crippen LogP contribution in [-0.2, 0) is 6.42 Å². The van der Waals surface area contributed by atoms with Gasteiger partial charge in [0.15, 0.2) is 0 Å². The highest BCUT2D eigenvalue weighted by molar-refractivity contribution is 7.11. The highest BCUT2D eigenvalue weighted by Gasteiger charge is 2.25. The maximum absolute atomic E-state index is 6.12. The number of rotatable bonds is 4. The fourth-order valence-electron chi connectivity index (χ4n) is 2.63. The van der Waals surface area contributed by atoms with Crippen LogP contribution in [0.5, 0.6) is 0 Å². The number of thiazole rings is 1. The number of halogens is 1. The minimum atomic E-state index is 0.647. The Balaban J connectivity index is 2.00. The molecule has 0 amide bonds. The van der Waals surface area contributed by atoms with E-state index in [-0.39, 0.29) is 0 Å². The molecule has 1 aromatic heterocycles. The van der Waals surface area contributed by atoms with Crippen LogP contribution in [0.15, 0.2) is 0 Å². The second-order valence-electron chi connectivity index (χ2n) is 4.91. The summed E-state index contributed by atoms with van der Waals surface area (Å²) >= 11 is 7.97. The molecule has 1 aliphatic carbocycles. The summed E-state index contributed by atoms with van der Waals surface area (Å²) in [7, 11) is 0. The first-order chi connectivity index (χ1) is 7.70. The smallest absolute Gasteiger partial charge is 0.0934 e. The molecule has 0 radical (unpaired) electrons. The first kappa shape index (κ1) is 12.4. The second kappa shape index (κ2) is 5.50. The largest absolute Gasteiger partial charge is 0.246 e. The highest BCUT2D eigenvalue weighted by Crippen LogP contribution is 2.34. The van der Waals surface area contributed by atoms with E-state index >= 15 is 0 Å². The van der Waals surface area contributed by atoms with Crippen LogP contribution in [0.2, 0.25) is 0 Å². The molecule has 0 N–H and O–H groups in total. The molecule has 1 aliphatic rings. The molecule has 2 rings (SSSR count). The molecule has 1 unspecified atom stereocenters. The minimum absolute atomic E-state index is 0.647. The summed E-state index contributed by atoms with van der Waals surface area (Å²) in [6, 6.07) is 0. The molecule has 0 spiro atoms. The molecule has 0 aliphatic heterocycles. The molecule has 0 saturated heterocycles. The highest BCUT2D eigenvalue weighted by atomic mass is 35.5. The molecule has 1 atom stereocenters. The summed E-state index contributed by atoms with van der Waals surface area (Å²) in [6.45, 7) is 4.25. The van der Waals surface area contributed by atoms with Crippen molar-refractivity contribution in [3.8, 4) is 0 Å². The molecule has 1 heterocycles. The zero-order chi connectivity index (χ0) is 11.5. The lowest BCUT2D eigenvalue weighted by Crippen LogP contribution is -2.16. The van der Waals surface area contributed by atoms with E-state index in [9.17, 15) is 0 Å². The summed E-state index contributed by atoms with van der Waals surface area (Å²) in [6.07, 6.45) is 6.64. The topological polar surface area (TPSA) is 12.9 Å². The summed E-state index contributed by atoms with van der Waals surface area (Å²) in [4.78, 5) is 5.99. The molecule has 16 heavy (non-hydrogen) atoms. The van der Waals surface area contributed by atoms with Crippen molar-refractivity contribution in [3.05, 3.63) is 15.6 Å². The van der Waals surface area contributed by atoms with Crippen LogP contribution in [0.25, 0.3) is 0 Å². The lowest BCUT2D eigenvalue weighted by atomic mass is 9.90. The van der Waals surface area contributed by atoms with Crippen LogP contribution < -0.4 is 0 Å². The van der Waals surface area contributed by atoms with Crippen molar-refractivity contribution in [2.24, 2.45) is 11.8 Å². The predicted molar refractivity (Wildman–Crippen MR) is 71.5 cm³/mol. The van der Waals surface area contributed by atoms with E-state index in [1.165, 1.54) is 41.3 Å². The molecular weight excluding hydrogens is 238 g/mol. The summed E-state index contributed by atoms with van der Waals surface area (Å²) in [5, 5.41) is 1.28. The quantitative estimate of drug-likeness (QED) is 0.731. The molecule has 1 fully saturated rings. The summed E-state index contributed by atoms with van der Waals surface area (Å²) in [5.74, 6) is 2.29. The van der Waals surface area contributed by atoms with Crippen molar-refractivity contribution < 1.29 is 0 Å². The Hall–Kier alpha value is -0.0800. The Morgan fingerprint density at radius 1 is 1.38 bits per heavy atom. The Labute approximate surface area is 107 Å². The molecule has 90 valence electrons. The van der Waals surface area contributed by atoms with Crippen molar-refractivity contribution in [1.29, 1.82) is 0 Å². The molecule has 0 aromatic carbocycles. The van der Waals surface area contributed by atoms with Gasteiger partial charge in [0.05, 0.1) is 10.7 Å². The Morgan fingerprint density at radius 3 is 2.56 bits per heavy atom. The number of hydrogen-bond donors (Lipinski definition) is 0. The Bertz CT molecular complexity index is 322. The molecule has 1 saturated carbocycles. The van der Waals surface area contributed by atoms with E-state index in [1.54, 1.807) is 0 Å². The van der Waals surface area contributed by atoms with Gasteiger partial charge in [-0.1, -0.05) is 25.7 Å². The van der Waals surface area contributed by atoms with E-state index in [4.69, 9.17) is 11.6 Å². The van der Waals surface area contributed by atoms with Gasteiger partial charge in [0.1, 0.15) is 0 Å². The molecule has 1 aromatic rings. The first-order valence-electron chi connectivity index (χ1n) is 6.19. The first-order valence-corrected chi connectivity index (χ1v) is 7.54. The van der Waals surface area contributed by atoms with Gasteiger partial charge in [0.2, 0.25) is 0 Å². The van der Waals surface area contributed by atoms with Crippen molar-refractivity contribution in [2.45, 2.75) is 46.0 Å². The van der Waals surface area contributed by atoms with Crippen LogP contribution in [0, 0.1) is 25.7 Å². The SMILES string of the molecule is Cc1nc(CC(CCl)C2CCCC2)sc1C. The van der Waals surface area contributed by atoms with Gasteiger partial charge in [-0.25, -0.2) is 4.98 Å².